The van der Waals surface area contributed by atoms with Gasteiger partial charge in [-0.3, -0.25) is 11.3 Å². The molecule has 0 radical (unpaired) electrons. The van der Waals surface area contributed by atoms with Crippen molar-refractivity contribution in [3.05, 3.63) is 50.7 Å². The van der Waals surface area contributed by atoms with Crippen LogP contribution in [0.4, 0.5) is 4.39 Å². The summed E-state index contributed by atoms with van der Waals surface area (Å²) in [5.41, 5.74) is 5.84. The van der Waals surface area contributed by atoms with E-state index >= 15 is 0 Å². The number of hydrogen-bond acceptors (Lipinski definition) is 4. The Hall–Kier alpha value is -1.30. The van der Waals surface area contributed by atoms with Crippen LogP contribution in [0.15, 0.2) is 18.2 Å². The number of hydrogen-bond donors (Lipinski definition) is 2. The first-order valence-electron chi connectivity index (χ1n) is 6.16. The summed E-state index contributed by atoms with van der Waals surface area (Å²) in [6.45, 7) is 5.93. The highest BCUT2D eigenvalue weighted by molar-refractivity contribution is 7.11. The van der Waals surface area contributed by atoms with Crippen LogP contribution in [0.2, 0.25) is 0 Å². The number of rotatable bonds is 4. The quantitative estimate of drug-likeness (QED) is 0.668. The number of aryl methyl sites for hydroxylation is 3. The van der Waals surface area contributed by atoms with Gasteiger partial charge in [0, 0.05) is 4.88 Å². The molecule has 19 heavy (non-hydrogen) atoms. The van der Waals surface area contributed by atoms with Crippen molar-refractivity contribution in [2.45, 2.75) is 33.2 Å². The fraction of sp³-hybridized carbons (Fsp3) is 0.357. The summed E-state index contributed by atoms with van der Waals surface area (Å²) in [5.74, 6) is 5.44. The number of halogens is 1. The van der Waals surface area contributed by atoms with Crippen molar-refractivity contribution in [1.82, 2.24) is 10.4 Å². The molecule has 1 heterocycles. The molecular formula is C14H18FN3S. The summed E-state index contributed by atoms with van der Waals surface area (Å²) in [6.07, 6.45) is 0.655. The Balaban J connectivity index is 2.29. The van der Waals surface area contributed by atoms with E-state index in [9.17, 15) is 4.39 Å². The predicted octanol–water partition coefficient (Wildman–Crippen LogP) is 2.95. The van der Waals surface area contributed by atoms with Gasteiger partial charge in [0.25, 0.3) is 0 Å². The van der Waals surface area contributed by atoms with Crippen LogP contribution in [-0.4, -0.2) is 4.98 Å². The third-order valence-electron chi connectivity index (χ3n) is 3.19. The van der Waals surface area contributed by atoms with Crippen LogP contribution in [-0.2, 0) is 6.42 Å². The molecule has 2 rings (SSSR count). The average Bonchev–Trinajstić information content (AvgIpc) is 2.69. The molecule has 0 aliphatic heterocycles. The third kappa shape index (κ3) is 3.18. The lowest BCUT2D eigenvalue weighted by molar-refractivity contribution is 0.552. The van der Waals surface area contributed by atoms with Gasteiger partial charge in [-0.05, 0) is 50.5 Å². The average molecular weight is 279 g/mol. The normalized spacial score (nSPS) is 12.7. The van der Waals surface area contributed by atoms with Crippen molar-refractivity contribution in [1.29, 1.82) is 0 Å². The number of thiazole rings is 1. The molecule has 0 amide bonds. The molecule has 0 spiro atoms. The molecule has 1 aromatic carbocycles. The Morgan fingerprint density at radius 1 is 1.37 bits per heavy atom. The van der Waals surface area contributed by atoms with Gasteiger partial charge in [-0.2, -0.15) is 0 Å². The lowest BCUT2D eigenvalue weighted by atomic mass is 10.00. The van der Waals surface area contributed by atoms with E-state index in [1.807, 2.05) is 20.8 Å². The Bertz CT molecular complexity index is 580. The van der Waals surface area contributed by atoms with E-state index in [4.69, 9.17) is 5.84 Å². The second kappa shape index (κ2) is 5.77. The zero-order valence-corrected chi connectivity index (χ0v) is 12.1. The van der Waals surface area contributed by atoms with Gasteiger partial charge < -0.3 is 0 Å². The van der Waals surface area contributed by atoms with Crippen LogP contribution in [0.5, 0.6) is 0 Å². The van der Waals surface area contributed by atoms with Crippen LogP contribution in [0.25, 0.3) is 0 Å². The van der Waals surface area contributed by atoms with Crippen molar-refractivity contribution in [2.75, 3.05) is 0 Å². The molecule has 3 nitrogen and oxygen atoms in total. The number of nitrogens with one attached hydrogen (secondary N) is 1. The molecule has 0 bridgehead atoms. The highest BCUT2D eigenvalue weighted by atomic mass is 32.1. The van der Waals surface area contributed by atoms with Crippen molar-refractivity contribution >= 4 is 11.3 Å². The smallest absolute Gasteiger partial charge is 0.123 e. The maximum absolute atomic E-state index is 13.3. The zero-order chi connectivity index (χ0) is 14.0. The topological polar surface area (TPSA) is 50.9 Å². The monoisotopic (exact) mass is 279 g/mol. The van der Waals surface area contributed by atoms with E-state index in [-0.39, 0.29) is 11.9 Å². The second-order valence-corrected chi connectivity index (χ2v) is 5.91. The van der Waals surface area contributed by atoms with Crippen LogP contribution in [0, 0.1) is 26.6 Å². The van der Waals surface area contributed by atoms with E-state index in [1.54, 1.807) is 23.5 Å². The third-order valence-corrected chi connectivity index (χ3v) is 4.38. The molecule has 0 saturated heterocycles. The van der Waals surface area contributed by atoms with Crippen molar-refractivity contribution < 1.29 is 4.39 Å². The maximum Gasteiger partial charge on any atom is 0.123 e. The Morgan fingerprint density at radius 2 is 2.11 bits per heavy atom. The Labute approximate surface area is 116 Å². The molecule has 0 saturated carbocycles. The van der Waals surface area contributed by atoms with E-state index in [0.717, 1.165) is 26.7 Å². The minimum atomic E-state index is -0.214. The zero-order valence-electron chi connectivity index (χ0n) is 11.3. The lowest BCUT2D eigenvalue weighted by Gasteiger charge is -2.16. The number of aromatic nitrogens is 1. The predicted molar refractivity (Wildman–Crippen MR) is 76.5 cm³/mol. The summed E-state index contributed by atoms with van der Waals surface area (Å²) in [7, 11) is 0. The van der Waals surface area contributed by atoms with Gasteiger partial charge in [-0.15, -0.1) is 11.3 Å². The first kappa shape index (κ1) is 14.1. The molecule has 1 atom stereocenters. The first-order chi connectivity index (χ1) is 9.01. The maximum atomic E-state index is 13.3. The number of benzene rings is 1. The van der Waals surface area contributed by atoms with Gasteiger partial charge in [0.15, 0.2) is 0 Å². The van der Waals surface area contributed by atoms with Crippen molar-refractivity contribution in [3.8, 4) is 0 Å². The van der Waals surface area contributed by atoms with Crippen LogP contribution in [0.3, 0.4) is 0 Å². The SMILES string of the molecule is Cc1nc(C)c(C(Cc2cc(F)ccc2C)NN)s1. The minimum absolute atomic E-state index is 0.0355. The van der Waals surface area contributed by atoms with Crippen LogP contribution in [0.1, 0.15) is 32.7 Å². The van der Waals surface area contributed by atoms with Gasteiger partial charge in [0.1, 0.15) is 5.82 Å². The van der Waals surface area contributed by atoms with Crippen LogP contribution >= 0.6 is 11.3 Å². The number of hydrazine groups is 1. The summed E-state index contributed by atoms with van der Waals surface area (Å²) in [5, 5.41) is 1.02. The molecule has 0 aliphatic rings. The van der Waals surface area contributed by atoms with E-state index in [2.05, 4.69) is 10.4 Å². The van der Waals surface area contributed by atoms with Gasteiger partial charge >= 0.3 is 0 Å². The fourth-order valence-electron chi connectivity index (χ4n) is 2.18. The molecule has 102 valence electrons. The standard InChI is InChI=1S/C14H18FN3S/c1-8-4-5-12(15)6-11(8)7-13(18-16)14-9(2)17-10(3)19-14/h4-6,13,18H,7,16H2,1-3H3. The Morgan fingerprint density at radius 3 is 2.68 bits per heavy atom. The summed E-state index contributed by atoms with van der Waals surface area (Å²) < 4.78 is 13.3. The molecule has 1 aromatic heterocycles. The minimum Gasteiger partial charge on any atom is -0.271 e. The van der Waals surface area contributed by atoms with Crippen molar-refractivity contribution in [3.63, 3.8) is 0 Å². The van der Waals surface area contributed by atoms with E-state index < -0.39 is 0 Å². The molecule has 0 aliphatic carbocycles. The van der Waals surface area contributed by atoms with E-state index in [0.29, 0.717) is 6.42 Å². The molecular weight excluding hydrogens is 261 g/mol. The largest absolute Gasteiger partial charge is 0.271 e. The Kier molecular flexibility index (Phi) is 4.29. The molecule has 3 N–H and O–H groups in total. The van der Waals surface area contributed by atoms with Gasteiger partial charge in [0.2, 0.25) is 0 Å². The first-order valence-corrected chi connectivity index (χ1v) is 6.98. The summed E-state index contributed by atoms with van der Waals surface area (Å²) in [4.78, 5) is 5.52. The van der Waals surface area contributed by atoms with Gasteiger partial charge in [0.05, 0.1) is 16.7 Å². The van der Waals surface area contributed by atoms with Gasteiger partial charge in [-0.1, -0.05) is 6.07 Å². The van der Waals surface area contributed by atoms with Crippen molar-refractivity contribution in [2.24, 2.45) is 5.84 Å². The molecule has 0 fully saturated rings. The molecule has 1 unspecified atom stereocenters. The highest BCUT2D eigenvalue weighted by Gasteiger charge is 2.17. The summed E-state index contributed by atoms with van der Waals surface area (Å²) in [6, 6.07) is 4.81. The number of nitrogens with two attached hydrogens (primary N) is 1. The number of nitrogens with zero attached hydrogens (tertiary/aromatic N) is 1. The highest BCUT2D eigenvalue weighted by Crippen LogP contribution is 2.28. The molecule has 2 aromatic rings. The summed E-state index contributed by atoms with van der Waals surface area (Å²) >= 11 is 1.63. The van der Waals surface area contributed by atoms with E-state index in [1.165, 1.54) is 6.07 Å². The molecule has 5 heteroatoms. The second-order valence-electron chi connectivity index (χ2n) is 4.68. The van der Waals surface area contributed by atoms with Gasteiger partial charge in [-0.25, -0.2) is 9.37 Å². The lowest BCUT2D eigenvalue weighted by Crippen LogP contribution is -2.29. The fourth-order valence-corrected chi connectivity index (χ4v) is 3.17. The van der Waals surface area contributed by atoms with Crippen LogP contribution < -0.4 is 11.3 Å².